The molecule has 18 heavy (non-hydrogen) atoms. The van der Waals surface area contributed by atoms with Crippen LogP contribution in [-0.4, -0.2) is 25.9 Å². The van der Waals surface area contributed by atoms with Gasteiger partial charge < -0.3 is 20.3 Å². The van der Waals surface area contributed by atoms with Gasteiger partial charge in [-0.15, -0.1) is 0 Å². The Morgan fingerprint density at radius 1 is 1.28 bits per heavy atom. The molecule has 4 heteroatoms. The van der Waals surface area contributed by atoms with Crippen molar-refractivity contribution in [3.8, 4) is 11.5 Å². The molecule has 0 fully saturated rings. The van der Waals surface area contributed by atoms with Crippen molar-refractivity contribution < 1.29 is 14.6 Å². The molecule has 102 valence electrons. The fourth-order valence-corrected chi connectivity index (χ4v) is 2.20. The van der Waals surface area contributed by atoms with Crippen LogP contribution in [0.15, 0.2) is 12.1 Å². The van der Waals surface area contributed by atoms with Crippen LogP contribution in [0, 0.1) is 12.8 Å². The van der Waals surface area contributed by atoms with Crippen molar-refractivity contribution in [2.24, 2.45) is 11.7 Å². The van der Waals surface area contributed by atoms with Crippen LogP contribution in [0.4, 0.5) is 0 Å². The molecule has 0 aliphatic heterocycles. The van der Waals surface area contributed by atoms with Crippen molar-refractivity contribution >= 4 is 0 Å². The monoisotopic (exact) mass is 253 g/mol. The smallest absolute Gasteiger partial charge is 0.130 e. The van der Waals surface area contributed by atoms with Crippen LogP contribution in [0.5, 0.6) is 11.5 Å². The molecule has 0 bridgehead atoms. The zero-order chi connectivity index (χ0) is 13.7. The normalized spacial score (nSPS) is 14.1. The Morgan fingerprint density at radius 2 is 1.94 bits per heavy atom. The molecule has 3 N–H and O–H groups in total. The summed E-state index contributed by atoms with van der Waals surface area (Å²) in [6.45, 7) is 4.03. The molecule has 0 amide bonds. The molecule has 1 aromatic carbocycles. The number of benzene rings is 1. The zero-order valence-corrected chi connectivity index (χ0v) is 11.6. The van der Waals surface area contributed by atoms with Gasteiger partial charge in [0.1, 0.15) is 11.5 Å². The Morgan fingerprint density at radius 3 is 2.39 bits per heavy atom. The number of aliphatic hydroxyl groups is 1. The Balaban J connectivity index is 3.20. The summed E-state index contributed by atoms with van der Waals surface area (Å²) < 4.78 is 10.7. The van der Waals surface area contributed by atoms with Crippen molar-refractivity contribution in [1.29, 1.82) is 0 Å². The Hall–Kier alpha value is -1.26. The Kier molecular flexibility index (Phi) is 5.44. The lowest BCUT2D eigenvalue weighted by Gasteiger charge is -2.24. The molecule has 0 aromatic heterocycles. The minimum Gasteiger partial charge on any atom is -0.496 e. The fraction of sp³-hybridized carbons (Fsp3) is 0.571. The summed E-state index contributed by atoms with van der Waals surface area (Å²) in [5, 5.41) is 9.35. The molecule has 4 nitrogen and oxygen atoms in total. The SMILES string of the molecule is CCC(CO)C(N)c1ccc(OC)c(C)c1OC. The van der Waals surface area contributed by atoms with Gasteiger partial charge in [-0.1, -0.05) is 13.0 Å². The Labute approximate surface area is 109 Å². The van der Waals surface area contributed by atoms with Gasteiger partial charge in [-0.05, 0) is 19.4 Å². The number of hydrogen-bond donors (Lipinski definition) is 2. The van der Waals surface area contributed by atoms with Gasteiger partial charge in [0.05, 0.1) is 14.2 Å². The molecule has 0 saturated carbocycles. The molecule has 0 aliphatic carbocycles. The predicted octanol–water partition coefficient (Wildman–Crippen LogP) is 2.03. The first-order valence-electron chi connectivity index (χ1n) is 6.18. The van der Waals surface area contributed by atoms with E-state index in [0.29, 0.717) is 0 Å². The maximum Gasteiger partial charge on any atom is 0.130 e. The van der Waals surface area contributed by atoms with Crippen molar-refractivity contribution in [3.05, 3.63) is 23.3 Å². The zero-order valence-electron chi connectivity index (χ0n) is 11.6. The third kappa shape index (κ3) is 2.76. The molecule has 0 spiro atoms. The fourth-order valence-electron chi connectivity index (χ4n) is 2.20. The molecule has 2 atom stereocenters. The summed E-state index contributed by atoms with van der Waals surface area (Å²) >= 11 is 0. The summed E-state index contributed by atoms with van der Waals surface area (Å²) in [6.07, 6.45) is 0.825. The highest BCUT2D eigenvalue weighted by atomic mass is 16.5. The minimum atomic E-state index is -0.237. The van der Waals surface area contributed by atoms with Crippen molar-refractivity contribution in [3.63, 3.8) is 0 Å². The second kappa shape index (κ2) is 6.61. The van der Waals surface area contributed by atoms with Crippen molar-refractivity contribution in [2.75, 3.05) is 20.8 Å². The molecule has 0 radical (unpaired) electrons. The van der Waals surface area contributed by atoms with Crippen LogP contribution in [0.25, 0.3) is 0 Å². The number of ether oxygens (including phenoxy) is 2. The lowest BCUT2D eigenvalue weighted by molar-refractivity contribution is 0.199. The first-order valence-corrected chi connectivity index (χ1v) is 6.18. The van der Waals surface area contributed by atoms with Gasteiger partial charge in [-0.2, -0.15) is 0 Å². The topological polar surface area (TPSA) is 64.7 Å². The third-order valence-electron chi connectivity index (χ3n) is 3.44. The summed E-state index contributed by atoms with van der Waals surface area (Å²) in [4.78, 5) is 0. The van der Waals surface area contributed by atoms with E-state index in [-0.39, 0.29) is 18.6 Å². The lowest BCUT2D eigenvalue weighted by atomic mass is 9.90. The molecular weight excluding hydrogens is 230 g/mol. The molecule has 0 saturated heterocycles. The van der Waals surface area contributed by atoms with E-state index in [2.05, 4.69) is 0 Å². The maximum absolute atomic E-state index is 9.35. The van der Waals surface area contributed by atoms with Crippen LogP contribution < -0.4 is 15.2 Å². The second-order valence-corrected chi connectivity index (χ2v) is 4.39. The van der Waals surface area contributed by atoms with Gasteiger partial charge in [0.2, 0.25) is 0 Å². The van der Waals surface area contributed by atoms with Crippen LogP contribution in [0.3, 0.4) is 0 Å². The van der Waals surface area contributed by atoms with Crippen LogP contribution in [-0.2, 0) is 0 Å². The lowest BCUT2D eigenvalue weighted by Crippen LogP contribution is -2.24. The van der Waals surface area contributed by atoms with Gasteiger partial charge in [-0.25, -0.2) is 0 Å². The maximum atomic E-state index is 9.35. The van der Waals surface area contributed by atoms with Gasteiger partial charge in [-0.3, -0.25) is 0 Å². The second-order valence-electron chi connectivity index (χ2n) is 4.39. The van der Waals surface area contributed by atoms with E-state index in [1.165, 1.54) is 0 Å². The number of rotatable bonds is 6. The highest BCUT2D eigenvalue weighted by Gasteiger charge is 2.22. The first kappa shape index (κ1) is 14.8. The van der Waals surface area contributed by atoms with Gasteiger partial charge in [0.15, 0.2) is 0 Å². The van der Waals surface area contributed by atoms with E-state index < -0.39 is 0 Å². The van der Waals surface area contributed by atoms with Crippen LogP contribution in [0.2, 0.25) is 0 Å². The van der Waals surface area contributed by atoms with E-state index in [0.717, 1.165) is 29.0 Å². The molecule has 1 rings (SSSR count). The number of methoxy groups -OCH3 is 2. The van der Waals surface area contributed by atoms with Crippen LogP contribution >= 0.6 is 0 Å². The highest BCUT2D eigenvalue weighted by Crippen LogP contribution is 2.36. The van der Waals surface area contributed by atoms with Gasteiger partial charge in [0.25, 0.3) is 0 Å². The standard InChI is InChI=1S/C14H23NO3/c1-5-10(8-16)13(15)11-6-7-12(17-3)9(2)14(11)18-4/h6-7,10,13,16H,5,8,15H2,1-4H3. The van der Waals surface area contributed by atoms with E-state index in [1.54, 1.807) is 14.2 Å². The van der Waals surface area contributed by atoms with E-state index in [4.69, 9.17) is 15.2 Å². The number of aliphatic hydroxyl groups excluding tert-OH is 1. The largest absolute Gasteiger partial charge is 0.496 e. The molecule has 0 heterocycles. The first-order chi connectivity index (χ1) is 8.60. The van der Waals surface area contributed by atoms with Crippen LogP contribution in [0.1, 0.15) is 30.5 Å². The number of hydrogen-bond acceptors (Lipinski definition) is 4. The molecular formula is C14H23NO3. The molecule has 2 unspecified atom stereocenters. The minimum absolute atomic E-state index is 0.0340. The van der Waals surface area contributed by atoms with E-state index >= 15 is 0 Å². The number of nitrogens with two attached hydrogens (primary N) is 1. The van der Waals surface area contributed by atoms with Crippen molar-refractivity contribution in [2.45, 2.75) is 26.3 Å². The quantitative estimate of drug-likeness (QED) is 0.814. The van der Waals surface area contributed by atoms with E-state index in [9.17, 15) is 5.11 Å². The summed E-state index contributed by atoms with van der Waals surface area (Å²) in [5.74, 6) is 1.56. The molecule has 1 aromatic rings. The summed E-state index contributed by atoms with van der Waals surface area (Å²) in [5.41, 5.74) is 8.06. The third-order valence-corrected chi connectivity index (χ3v) is 3.44. The average Bonchev–Trinajstić information content (AvgIpc) is 2.39. The van der Waals surface area contributed by atoms with Gasteiger partial charge >= 0.3 is 0 Å². The predicted molar refractivity (Wildman–Crippen MR) is 72.1 cm³/mol. The summed E-state index contributed by atoms with van der Waals surface area (Å²) in [6, 6.07) is 3.56. The molecule has 0 aliphatic rings. The average molecular weight is 253 g/mol. The Bertz CT molecular complexity index is 389. The van der Waals surface area contributed by atoms with Crippen molar-refractivity contribution in [1.82, 2.24) is 0 Å². The highest BCUT2D eigenvalue weighted by molar-refractivity contribution is 5.50. The van der Waals surface area contributed by atoms with Gasteiger partial charge in [0, 0.05) is 29.7 Å². The van der Waals surface area contributed by atoms with E-state index in [1.807, 2.05) is 26.0 Å². The summed E-state index contributed by atoms with van der Waals surface area (Å²) in [7, 11) is 3.25.